The van der Waals surface area contributed by atoms with Gasteiger partial charge in [0, 0.05) is 31.6 Å². The minimum absolute atomic E-state index is 0.843. The van der Waals surface area contributed by atoms with E-state index in [1.165, 1.54) is 36.6 Å². The van der Waals surface area contributed by atoms with Crippen molar-refractivity contribution in [3.8, 4) is 0 Å². The Kier molecular flexibility index (Phi) is 2.13. The molecule has 0 radical (unpaired) electrons. The van der Waals surface area contributed by atoms with Crippen LogP contribution in [0.25, 0.3) is 10.9 Å². The van der Waals surface area contributed by atoms with Gasteiger partial charge in [0.2, 0.25) is 0 Å². The van der Waals surface area contributed by atoms with Gasteiger partial charge in [0.15, 0.2) is 0 Å². The molecule has 0 aliphatic carbocycles. The highest BCUT2D eigenvalue weighted by Gasteiger charge is 2.37. The molecule has 0 spiro atoms. The summed E-state index contributed by atoms with van der Waals surface area (Å²) in [5.41, 5.74) is 1.14. The first-order valence-corrected chi connectivity index (χ1v) is 6.99. The van der Waals surface area contributed by atoms with Crippen molar-refractivity contribution in [2.75, 3.05) is 31.1 Å². The van der Waals surface area contributed by atoms with Gasteiger partial charge in [-0.25, -0.2) is 0 Å². The lowest BCUT2D eigenvalue weighted by Gasteiger charge is -2.17. The van der Waals surface area contributed by atoms with E-state index in [2.05, 4.69) is 38.9 Å². The molecule has 2 aliphatic rings. The Morgan fingerprint density at radius 2 is 1.94 bits per heavy atom. The molecule has 3 nitrogen and oxygen atoms in total. The molecular formula is C13H15N3S. The molecule has 88 valence electrons. The molecule has 0 saturated carbocycles. The molecule has 4 heteroatoms. The Morgan fingerprint density at radius 3 is 2.76 bits per heavy atom. The van der Waals surface area contributed by atoms with Gasteiger partial charge in [-0.2, -0.15) is 4.37 Å². The van der Waals surface area contributed by atoms with Crippen molar-refractivity contribution in [3.05, 3.63) is 24.3 Å². The fourth-order valence-electron chi connectivity index (χ4n) is 3.12. The summed E-state index contributed by atoms with van der Waals surface area (Å²) in [6.45, 7) is 4.78. The van der Waals surface area contributed by atoms with Crippen LogP contribution in [0.15, 0.2) is 24.3 Å². The molecule has 3 heterocycles. The summed E-state index contributed by atoms with van der Waals surface area (Å²) in [5, 5.41) is 6.18. The fourth-order valence-corrected chi connectivity index (χ4v) is 4.00. The Balaban J connectivity index is 1.71. The van der Waals surface area contributed by atoms with Crippen LogP contribution in [-0.4, -0.2) is 30.6 Å². The van der Waals surface area contributed by atoms with E-state index in [-0.39, 0.29) is 0 Å². The summed E-state index contributed by atoms with van der Waals surface area (Å²) >= 11 is 1.65. The van der Waals surface area contributed by atoms with Gasteiger partial charge < -0.3 is 10.2 Å². The lowest BCUT2D eigenvalue weighted by molar-refractivity contribution is 0.533. The van der Waals surface area contributed by atoms with Crippen LogP contribution in [0.1, 0.15) is 0 Å². The Morgan fingerprint density at radius 1 is 1.18 bits per heavy atom. The Labute approximate surface area is 105 Å². The van der Waals surface area contributed by atoms with Gasteiger partial charge in [-0.15, -0.1) is 0 Å². The zero-order valence-electron chi connectivity index (χ0n) is 9.60. The number of nitrogens with zero attached hydrogens (tertiary/aromatic N) is 2. The van der Waals surface area contributed by atoms with Crippen molar-refractivity contribution in [3.63, 3.8) is 0 Å². The monoisotopic (exact) mass is 245 g/mol. The summed E-state index contributed by atoms with van der Waals surface area (Å²) in [6.07, 6.45) is 0. The molecule has 1 aromatic heterocycles. The number of rotatable bonds is 1. The number of anilines is 1. The molecule has 2 fully saturated rings. The Hall–Kier alpha value is -1.13. The molecule has 2 unspecified atom stereocenters. The highest BCUT2D eigenvalue weighted by atomic mass is 32.1. The lowest BCUT2D eigenvalue weighted by Crippen LogP contribution is -2.24. The van der Waals surface area contributed by atoms with E-state index < -0.39 is 0 Å². The number of benzene rings is 1. The van der Waals surface area contributed by atoms with Crippen LogP contribution < -0.4 is 10.2 Å². The zero-order chi connectivity index (χ0) is 11.2. The van der Waals surface area contributed by atoms with Crippen molar-refractivity contribution in [2.45, 2.75) is 0 Å². The van der Waals surface area contributed by atoms with Gasteiger partial charge in [0.25, 0.3) is 0 Å². The van der Waals surface area contributed by atoms with Crippen LogP contribution >= 0.6 is 11.5 Å². The molecule has 0 amide bonds. The smallest absolute Gasteiger partial charge is 0.119 e. The molecular weight excluding hydrogens is 230 g/mol. The molecule has 2 atom stereocenters. The van der Waals surface area contributed by atoms with Crippen molar-refractivity contribution in [2.24, 2.45) is 11.8 Å². The second kappa shape index (κ2) is 3.68. The first-order chi connectivity index (χ1) is 8.42. The van der Waals surface area contributed by atoms with E-state index in [1.807, 2.05) is 0 Å². The van der Waals surface area contributed by atoms with E-state index in [9.17, 15) is 0 Å². The van der Waals surface area contributed by atoms with Crippen molar-refractivity contribution < 1.29 is 0 Å². The van der Waals surface area contributed by atoms with E-state index in [1.54, 1.807) is 11.5 Å². The number of nitrogens with one attached hydrogen (secondary N) is 1. The number of fused-ring (bicyclic) bond motifs is 2. The van der Waals surface area contributed by atoms with Gasteiger partial charge >= 0.3 is 0 Å². The molecule has 0 bridgehead atoms. The fraction of sp³-hybridized carbons (Fsp3) is 0.462. The first-order valence-electron chi connectivity index (χ1n) is 6.22. The quantitative estimate of drug-likeness (QED) is 0.832. The van der Waals surface area contributed by atoms with Gasteiger partial charge in [-0.3, -0.25) is 0 Å². The highest BCUT2D eigenvalue weighted by Crippen LogP contribution is 2.37. The molecule has 2 aliphatic heterocycles. The maximum atomic E-state index is 4.54. The molecule has 4 rings (SSSR count). The first kappa shape index (κ1) is 9.85. The zero-order valence-corrected chi connectivity index (χ0v) is 10.4. The highest BCUT2D eigenvalue weighted by molar-refractivity contribution is 7.11. The standard InChI is InChI=1S/C13H15N3S/c1-2-4-12-11(3-1)13(17-15-12)16-7-9-5-14-6-10(9)8-16/h1-4,9-10,14H,5-8H2. The maximum Gasteiger partial charge on any atom is 0.119 e. The largest absolute Gasteiger partial charge is 0.361 e. The van der Waals surface area contributed by atoms with Crippen LogP contribution in [0.3, 0.4) is 0 Å². The van der Waals surface area contributed by atoms with Crippen LogP contribution in [0, 0.1) is 11.8 Å². The third-order valence-electron chi connectivity index (χ3n) is 4.04. The number of hydrogen-bond donors (Lipinski definition) is 1. The van der Waals surface area contributed by atoms with Crippen LogP contribution in [0.5, 0.6) is 0 Å². The van der Waals surface area contributed by atoms with Crippen LogP contribution in [0.4, 0.5) is 5.00 Å². The summed E-state index contributed by atoms with van der Waals surface area (Å²) in [6, 6.07) is 8.47. The average molecular weight is 245 g/mol. The van der Waals surface area contributed by atoms with Crippen LogP contribution in [-0.2, 0) is 0 Å². The third kappa shape index (κ3) is 1.47. The summed E-state index contributed by atoms with van der Waals surface area (Å²) < 4.78 is 4.54. The molecule has 2 saturated heterocycles. The molecule has 17 heavy (non-hydrogen) atoms. The molecule has 1 N–H and O–H groups in total. The summed E-state index contributed by atoms with van der Waals surface area (Å²) in [5.74, 6) is 1.69. The maximum absolute atomic E-state index is 4.54. The predicted molar refractivity (Wildman–Crippen MR) is 71.7 cm³/mol. The summed E-state index contributed by atoms with van der Waals surface area (Å²) in [7, 11) is 0. The SMILES string of the molecule is c1ccc2c(N3CC4CNCC4C3)snc2c1. The van der Waals surface area contributed by atoms with Crippen molar-refractivity contribution in [1.29, 1.82) is 0 Å². The van der Waals surface area contributed by atoms with Gasteiger partial charge in [-0.1, -0.05) is 12.1 Å². The Bertz CT molecular complexity index is 538. The van der Waals surface area contributed by atoms with Gasteiger partial charge in [-0.05, 0) is 35.5 Å². The van der Waals surface area contributed by atoms with Gasteiger partial charge in [0.1, 0.15) is 5.00 Å². The topological polar surface area (TPSA) is 28.2 Å². The van der Waals surface area contributed by atoms with E-state index in [0.717, 1.165) is 17.4 Å². The van der Waals surface area contributed by atoms with Crippen molar-refractivity contribution >= 4 is 27.4 Å². The van der Waals surface area contributed by atoms with Gasteiger partial charge in [0.05, 0.1) is 5.52 Å². The van der Waals surface area contributed by atoms with Crippen LogP contribution in [0.2, 0.25) is 0 Å². The molecule has 2 aromatic rings. The lowest BCUT2D eigenvalue weighted by atomic mass is 10.0. The minimum atomic E-state index is 0.843. The van der Waals surface area contributed by atoms with E-state index in [4.69, 9.17) is 0 Å². The normalized spacial score (nSPS) is 27.9. The summed E-state index contributed by atoms with van der Waals surface area (Å²) in [4.78, 5) is 2.54. The average Bonchev–Trinajstić information content (AvgIpc) is 3.01. The third-order valence-corrected chi connectivity index (χ3v) is 4.98. The minimum Gasteiger partial charge on any atom is -0.361 e. The second-order valence-corrected chi connectivity index (χ2v) is 5.84. The number of hydrogen-bond acceptors (Lipinski definition) is 4. The second-order valence-electron chi connectivity index (χ2n) is 5.09. The molecule has 1 aromatic carbocycles. The van der Waals surface area contributed by atoms with E-state index >= 15 is 0 Å². The van der Waals surface area contributed by atoms with E-state index in [0.29, 0.717) is 0 Å². The number of aromatic nitrogens is 1. The predicted octanol–water partition coefficient (Wildman–Crippen LogP) is 1.95. The van der Waals surface area contributed by atoms with Crippen molar-refractivity contribution in [1.82, 2.24) is 9.69 Å².